The van der Waals surface area contributed by atoms with Crippen LogP contribution in [0.2, 0.25) is 0 Å². The van der Waals surface area contributed by atoms with Crippen molar-refractivity contribution in [2.45, 2.75) is 77.0 Å². The molecule has 1 saturated carbocycles. The molecule has 1 atom stereocenters. The Morgan fingerprint density at radius 1 is 1.14 bits per heavy atom. The van der Waals surface area contributed by atoms with E-state index < -0.39 is 5.60 Å². The van der Waals surface area contributed by atoms with Gasteiger partial charge in [-0.15, -0.1) is 0 Å². The number of piperidine rings is 1. The summed E-state index contributed by atoms with van der Waals surface area (Å²) in [6.45, 7) is 8.71. The van der Waals surface area contributed by atoms with Gasteiger partial charge in [-0.05, 0) is 82.9 Å². The molecule has 1 amide bonds. The number of carbonyl (C=O) groups excluding carboxylic acids is 1. The predicted molar refractivity (Wildman–Crippen MR) is 115 cm³/mol. The van der Waals surface area contributed by atoms with E-state index in [0.29, 0.717) is 17.5 Å². The SMILES string of the molecule is CC(C)(C)OC(=O)N1CCC2(CC1)CC(N1CCCC1c1ccccc1Br)C2. The minimum Gasteiger partial charge on any atom is -0.444 e. The highest BCUT2D eigenvalue weighted by Crippen LogP contribution is 2.54. The number of ether oxygens (including phenoxy) is 1. The standard InChI is InChI=1S/C23H33BrN2O2/c1-22(2,3)28-21(27)25-13-10-23(11-14-25)15-17(16-23)26-12-6-9-20(26)18-7-4-5-8-19(18)24/h4-5,7-8,17,20H,6,9-16H2,1-3H3. The summed E-state index contributed by atoms with van der Waals surface area (Å²) in [5, 5.41) is 0. The molecule has 1 aromatic rings. The van der Waals surface area contributed by atoms with Crippen molar-refractivity contribution in [2.24, 2.45) is 5.41 Å². The van der Waals surface area contributed by atoms with Gasteiger partial charge in [-0.3, -0.25) is 4.90 Å². The number of likely N-dealkylation sites (tertiary alicyclic amines) is 2. The van der Waals surface area contributed by atoms with E-state index in [0.717, 1.165) is 25.9 Å². The first-order valence-electron chi connectivity index (χ1n) is 10.7. The van der Waals surface area contributed by atoms with Crippen LogP contribution in [0.3, 0.4) is 0 Å². The van der Waals surface area contributed by atoms with Crippen LogP contribution in [-0.4, -0.2) is 47.2 Å². The van der Waals surface area contributed by atoms with Gasteiger partial charge in [0.2, 0.25) is 0 Å². The Labute approximate surface area is 177 Å². The molecule has 2 aliphatic heterocycles. The van der Waals surface area contributed by atoms with Crippen molar-refractivity contribution in [3.05, 3.63) is 34.3 Å². The van der Waals surface area contributed by atoms with Gasteiger partial charge in [0.25, 0.3) is 0 Å². The molecule has 154 valence electrons. The fourth-order valence-corrected chi connectivity index (χ4v) is 5.93. The molecular formula is C23H33BrN2O2. The van der Waals surface area contributed by atoms with Crippen LogP contribution in [0, 0.1) is 5.41 Å². The van der Waals surface area contributed by atoms with Crippen LogP contribution in [-0.2, 0) is 4.74 Å². The summed E-state index contributed by atoms with van der Waals surface area (Å²) < 4.78 is 6.79. The minimum atomic E-state index is -0.412. The van der Waals surface area contributed by atoms with Crippen LogP contribution in [0.15, 0.2) is 28.7 Å². The lowest BCUT2D eigenvalue weighted by Gasteiger charge is -2.55. The summed E-state index contributed by atoms with van der Waals surface area (Å²) in [5.41, 5.74) is 1.48. The lowest BCUT2D eigenvalue weighted by atomic mass is 9.60. The molecule has 4 rings (SSSR count). The maximum Gasteiger partial charge on any atom is 0.410 e. The first-order valence-corrected chi connectivity index (χ1v) is 11.5. The molecule has 1 unspecified atom stereocenters. The lowest BCUT2D eigenvalue weighted by molar-refractivity contribution is -0.0516. The number of hydrogen-bond acceptors (Lipinski definition) is 3. The van der Waals surface area contributed by atoms with Crippen molar-refractivity contribution in [1.82, 2.24) is 9.80 Å². The van der Waals surface area contributed by atoms with E-state index in [4.69, 9.17) is 4.74 Å². The quantitative estimate of drug-likeness (QED) is 0.575. The van der Waals surface area contributed by atoms with Gasteiger partial charge >= 0.3 is 6.09 Å². The van der Waals surface area contributed by atoms with Crippen LogP contribution in [0.1, 0.15) is 70.9 Å². The van der Waals surface area contributed by atoms with E-state index in [1.807, 2.05) is 25.7 Å². The van der Waals surface area contributed by atoms with Crippen molar-refractivity contribution in [1.29, 1.82) is 0 Å². The zero-order chi connectivity index (χ0) is 19.9. The third-order valence-electron chi connectivity index (χ3n) is 6.84. The number of benzene rings is 1. The zero-order valence-electron chi connectivity index (χ0n) is 17.4. The second-order valence-corrected chi connectivity index (χ2v) is 10.8. The van der Waals surface area contributed by atoms with E-state index >= 15 is 0 Å². The molecule has 0 radical (unpaired) electrons. The molecule has 0 N–H and O–H groups in total. The minimum absolute atomic E-state index is 0.147. The average Bonchev–Trinajstić information content (AvgIpc) is 3.07. The number of carbonyl (C=O) groups is 1. The molecule has 1 aliphatic carbocycles. The molecular weight excluding hydrogens is 416 g/mol. The molecule has 0 aromatic heterocycles. The Balaban J connectivity index is 1.32. The monoisotopic (exact) mass is 448 g/mol. The van der Waals surface area contributed by atoms with Crippen LogP contribution < -0.4 is 0 Å². The Kier molecular flexibility index (Phi) is 5.51. The number of amides is 1. The Bertz CT molecular complexity index is 714. The summed E-state index contributed by atoms with van der Waals surface area (Å²) in [7, 11) is 0. The summed E-state index contributed by atoms with van der Waals surface area (Å²) in [5.74, 6) is 0. The van der Waals surface area contributed by atoms with Crippen molar-refractivity contribution < 1.29 is 9.53 Å². The molecule has 4 nitrogen and oxygen atoms in total. The van der Waals surface area contributed by atoms with Crippen LogP contribution in [0.4, 0.5) is 4.79 Å². The van der Waals surface area contributed by atoms with Crippen molar-refractivity contribution in [3.8, 4) is 0 Å². The normalized spacial score (nSPS) is 25.7. The van der Waals surface area contributed by atoms with Gasteiger partial charge < -0.3 is 9.64 Å². The number of hydrogen-bond donors (Lipinski definition) is 0. The molecule has 28 heavy (non-hydrogen) atoms. The maximum absolute atomic E-state index is 12.3. The number of rotatable bonds is 2. The van der Waals surface area contributed by atoms with Gasteiger partial charge in [-0.2, -0.15) is 0 Å². The third kappa shape index (κ3) is 4.11. The maximum atomic E-state index is 12.3. The smallest absolute Gasteiger partial charge is 0.410 e. The van der Waals surface area contributed by atoms with Gasteiger partial charge in [0.15, 0.2) is 0 Å². The fraction of sp³-hybridized carbons (Fsp3) is 0.696. The van der Waals surface area contributed by atoms with E-state index in [1.54, 1.807) is 0 Å². The molecule has 1 aromatic carbocycles. The number of halogens is 1. The van der Waals surface area contributed by atoms with Crippen LogP contribution in [0.25, 0.3) is 0 Å². The van der Waals surface area contributed by atoms with E-state index in [9.17, 15) is 4.79 Å². The van der Waals surface area contributed by atoms with E-state index in [1.165, 1.54) is 42.3 Å². The summed E-state index contributed by atoms with van der Waals surface area (Å²) >= 11 is 3.76. The highest BCUT2D eigenvalue weighted by molar-refractivity contribution is 9.10. The van der Waals surface area contributed by atoms with Gasteiger partial charge in [0.1, 0.15) is 5.60 Å². The molecule has 3 fully saturated rings. The first kappa shape index (κ1) is 20.2. The lowest BCUT2D eigenvalue weighted by Crippen LogP contribution is -2.55. The summed E-state index contributed by atoms with van der Waals surface area (Å²) in [4.78, 5) is 17.0. The Morgan fingerprint density at radius 2 is 1.82 bits per heavy atom. The Hall–Kier alpha value is -1.07. The number of nitrogens with zero attached hydrogens (tertiary/aromatic N) is 2. The summed E-state index contributed by atoms with van der Waals surface area (Å²) in [6.07, 6.45) is 7.23. The topological polar surface area (TPSA) is 32.8 Å². The molecule has 2 saturated heterocycles. The van der Waals surface area contributed by atoms with Crippen molar-refractivity contribution >= 4 is 22.0 Å². The predicted octanol–water partition coefficient (Wildman–Crippen LogP) is 5.77. The largest absolute Gasteiger partial charge is 0.444 e. The van der Waals surface area contributed by atoms with Gasteiger partial charge in [0.05, 0.1) is 0 Å². The highest BCUT2D eigenvalue weighted by Gasteiger charge is 2.50. The fourth-order valence-electron chi connectivity index (χ4n) is 5.38. The molecule has 1 spiro atoms. The molecule has 2 heterocycles. The van der Waals surface area contributed by atoms with Gasteiger partial charge in [-0.1, -0.05) is 34.1 Å². The second-order valence-electron chi connectivity index (χ2n) is 9.95. The van der Waals surface area contributed by atoms with Crippen LogP contribution in [0.5, 0.6) is 0 Å². The van der Waals surface area contributed by atoms with Gasteiger partial charge in [-0.25, -0.2) is 4.79 Å². The van der Waals surface area contributed by atoms with Crippen LogP contribution >= 0.6 is 15.9 Å². The van der Waals surface area contributed by atoms with E-state index in [-0.39, 0.29) is 6.09 Å². The Morgan fingerprint density at radius 3 is 2.46 bits per heavy atom. The third-order valence-corrected chi connectivity index (χ3v) is 7.56. The second kappa shape index (κ2) is 7.64. The highest BCUT2D eigenvalue weighted by atomic mass is 79.9. The van der Waals surface area contributed by atoms with Crippen molar-refractivity contribution in [3.63, 3.8) is 0 Å². The van der Waals surface area contributed by atoms with Crippen molar-refractivity contribution in [2.75, 3.05) is 19.6 Å². The van der Waals surface area contributed by atoms with Gasteiger partial charge in [0, 0.05) is 29.6 Å². The summed E-state index contributed by atoms with van der Waals surface area (Å²) in [6, 6.07) is 9.96. The molecule has 3 aliphatic rings. The molecule has 5 heteroatoms. The van der Waals surface area contributed by atoms with E-state index in [2.05, 4.69) is 45.1 Å². The first-order chi connectivity index (χ1) is 13.3. The zero-order valence-corrected chi connectivity index (χ0v) is 19.0. The molecule has 0 bridgehead atoms. The average molecular weight is 449 g/mol.